The number of amides is 1. The molecule has 1 saturated carbocycles. The van der Waals surface area contributed by atoms with Crippen LogP contribution in [0.2, 0.25) is 0 Å². The minimum atomic E-state index is -0.220. The summed E-state index contributed by atoms with van der Waals surface area (Å²) in [6.07, 6.45) is 3.17. The van der Waals surface area contributed by atoms with E-state index in [1.807, 2.05) is 6.07 Å². The summed E-state index contributed by atoms with van der Waals surface area (Å²) < 4.78 is 0. The molecule has 0 aromatic heterocycles. The Morgan fingerprint density at radius 1 is 1.37 bits per heavy atom. The lowest BCUT2D eigenvalue weighted by Crippen LogP contribution is -2.49. The van der Waals surface area contributed by atoms with Crippen LogP contribution >= 0.6 is 0 Å². The van der Waals surface area contributed by atoms with E-state index >= 15 is 0 Å². The highest BCUT2D eigenvalue weighted by Crippen LogP contribution is 2.41. The molecule has 3 nitrogen and oxygen atoms in total. The van der Waals surface area contributed by atoms with Gasteiger partial charge in [0.2, 0.25) is 5.91 Å². The topological polar surface area (TPSA) is 41.1 Å². The van der Waals surface area contributed by atoms with Gasteiger partial charge in [-0.25, -0.2) is 0 Å². The van der Waals surface area contributed by atoms with Gasteiger partial charge in [-0.2, -0.15) is 0 Å². The fourth-order valence-corrected chi connectivity index (χ4v) is 3.02. The first-order valence-corrected chi connectivity index (χ1v) is 7.26. The van der Waals surface area contributed by atoms with Crippen molar-refractivity contribution in [1.29, 1.82) is 0 Å². The van der Waals surface area contributed by atoms with Crippen molar-refractivity contribution < 1.29 is 4.79 Å². The summed E-state index contributed by atoms with van der Waals surface area (Å²) in [5.74, 6) is 0.744. The van der Waals surface area contributed by atoms with E-state index in [0.29, 0.717) is 12.0 Å². The summed E-state index contributed by atoms with van der Waals surface area (Å²) in [7, 11) is 0. The van der Waals surface area contributed by atoms with Gasteiger partial charge in [-0.05, 0) is 38.3 Å². The highest BCUT2D eigenvalue weighted by molar-refractivity contribution is 5.83. The van der Waals surface area contributed by atoms with Gasteiger partial charge in [0.1, 0.15) is 0 Å². The number of carbonyl (C=O) groups excluding carboxylic acids is 1. The Bertz CT molecular complexity index is 451. The first-order chi connectivity index (χ1) is 9.19. The molecule has 3 unspecified atom stereocenters. The lowest BCUT2D eigenvalue weighted by Gasteiger charge is -2.32. The van der Waals surface area contributed by atoms with E-state index in [0.717, 1.165) is 32.4 Å². The summed E-state index contributed by atoms with van der Waals surface area (Å²) in [6.45, 7) is 3.93. The van der Waals surface area contributed by atoms with Crippen LogP contribution in [0.1, 0.15) is 37.7 Å². The van der Waals surface area contributed by atoms with Crippen LogP contribution in [0.5, 0.6) is 0 Å². The van der Waals surface area contributed by atoms with Crippen LogP contribution in [0.15, 0.2) is 30.3 Å². The Balaban J connectivity index is 1.57. The lowest BCUT2D eigenvalue weighted by molar-refractivity contribution is -0.131. The maximum atomic E-state index is 12.4. The van der Waals surface area contributed by atoms with Crippen molar-refractivity contribution in [3.63, 3.8) is 0 Å². The summed E-state index contributed by atoms with van der Waals surface area (Å²) in [6, 6.07) is 10.8. The van der Waals surface area contributed by atoms with Gasteiger partial charge >= 0.3 is 0 Å². The number of piperidine rings is 1. The zero-order valence-corrected chi connectivity index (χ0v) is 11.5. The number of nitrogens with one attached hydrogen (secondary N) is 2. The first-order valence-electron chi connectivity index (χ1n) is 7.26. The standard InChI is InChI=1S/C16H22N2O/c1-16(8-5-9-17-11-16)15(19)18-14-10-13(14)12-6-3-2-4-7-12/h2-4,6-7,13-14,17H,5,8-11H2,1H3,(H,18,19). The number of hydrogen-bond donors (Lipinski definition) is 2. The van der Waals surface area contributed by atoms with Crippen LogP contribution in [0, 0.1) is 5.41 Å². The molecule has 1 aliphatic carbocycles. The minimum absolute atomic E-state index is 0.220. The molecule has 2 aliphatic rings. The van der Waals surface area contributed by atoms with E-state index in [-0.39, 0.29) is 11.3 Å². The minimum Gasteiger partial charge on any atom is -0.352 e. The van der Waals surface area contributed by atoms with Gasteiger partial charge in [0.25, 0.3) is 0 Å². The highest BCUT2D eigenvalue weighted by atomic mass is 16.2. The maximum absolute atomic E-state index is 12.4. The van der Waals surface area contributed by atoms with E-state index in [2.05, 4.69) is 41.8 Å². The smallest absolute Gasteiger partial charge is 0.227 e. The van der Waals surface area contributed by atoms with Crippen molar-refractivity contribution in [2.45, 2.75) is 38.1 Å². The summed E-state index contributed by atoms with van der Waals surface area (Å²) in [5.41, 5.74) is 1.13. The molecular formula is C16H22N2O. The molecule has 1 aromatic rings. The molecule has 1 saturated heterocycles. The monoisotopic (exact) mass is 258 g/mol. The van der Waals surface area contributed by atoms with Crippen LogP contribution in [0.3, 0.4) is 0 Å². The van der Waals surface area contributed by atoms with Crippen LogP contribution in [0.25, 0.3) is 0 Å². The predicted octanol–water partition coefficient (Wildman–Crippen LogP) is 2.05. The molecule has 3 heteroatoms. The van der Waals surface area contributed by atoms with Crippen molar-refractivity contribution in [2.24, 2.45) is 5.41 Å². The SMILES string of the molecule is CC1(C(=O)NC2CC2c2ccccc2)CCCNC1. The second-order valence-corrected chi connectivity index (χ2v) is 6.17. The van der Waals surface area contributed by atoms with Gasteiger partial charge in [0.15, 0.2) is 0 Å². The van der Waals surface area contributed by atoms with Gasteiger partial charge in [-0.15, -0.1) is 0 Å². The zero-order chi connectivity index (χ0) is 13.3. The van der Waals surface area contributed by atoms with E-state index in [1.54, 1.807) is 0 Å². The summed E-state index contributed by atoms with van der Waals surface area (Å²) in [5, 5.41) is 6.57. The third kappa shape index (κ3) is 2.66. The summed E-state index contributed by atoms with van der Waals surface area (Å²) >= 11 is 0. The number of carbonyl (C=O) groups is 1. The van der Waals surface area contributed by atoms with Crippen LogP contribution in [-0.2, 0) is 4.79 Å². The molecule has 3 atom stereocenters. The summed E-state index contributed by atoms with van der Waals surface area (Å²) in [4.78, 5) is 12.4. The largest absolute Gasteiger partial charge is 0.352 e. The fraction of sp³-hybridized carbons (Fsp3) is 0.562. The Morgan fingerprint density at radius 3 is 2.84 bits per heavy atom. The second kappa shape index (κ2) is 4.97. The predicted molar refractivity (Wildman–Crippen MR) is 75.9 cm³/mol. The molecule has 2 N–H and O–H groups in total. The molecular weight excluding hydrogens is 236 g/mol. The molecule has 0 spiro atoms. The molecule has 3 rings (SSSR count). The van der Waals surface area contributed by atoms with Crippen LogP contribution in [-0.4, -0.2) is 25.0 Å². The van der Waals surface area contributed by atoms with E-state index in [9.17, 15) is 4.79 Å². The maximum Gasteiger partial charge on any atom is 0.227 e. The average molecular weight is 258 g/mol. The third-order valence-electron chi connectivity index (χ3n) is 4.48. The normalized spacial score (nSPS) is 33.7. The Kier molecular flexibility index (Phi) is 3.31. The number of hydrogen-bond acceptors (Lipinski definition) is 2. The Labute approximate surface area is 114 Å². The molecule has 2 fully saturated rings. The van der Waals surface area contributed by atoms with Crippen molar-refractivity contribution in [3.05, 3.63) is 35.9 Å². The van der Waals surface area contributed by atoms with Crippen molar-refractivity contribution in [2.75, 3.05) is 13.1 Å². The van der Waals surface area contributed by atoms with Crippen LogP contribution < -0.4 is 10.6 Å². The lowest BCUT2D eigenvalue weighted by atomic mass is 9.82. The van der Waals surface area contributed by atoms with Crippen molar-refractivity contribution >= 4 is 5.91 Å². The van der Waals surface area contributed by atoms with Gasteiger partial charge in [0, 0.05) is 18.5 Å². The number of benzene rings is 1. The first kappa shape index (κ1) is 12.7. The van der Waals surface area contributed by atoms with Crippen molar-refractivity contribution in [3.8, 4) is 0 Å². The molecule has 102 valence electrons. The Morgan fingerprint density at radius 2 is 2.16 bits per heavy atom. The molecule has 1 aromatic carbocycles. The van der Waals surface area contributed by atoms with E-state index in [4.69, 9.17) is 0 Å². The Hall–Kier alpha value is -1.35. The molecule has 0 radical (unpaired) electrons. The average Bonchev–Trinajstić information content (AvgIpc) is 3.20. The van der Waals surface area contributed by atoms with Crippen molar-refractivity contribution in [1.82, 2.24) is 10.6 Å². The van der Waals surface area contributed by atoms with Crippen LogP contribution in [0.4, 0.5) is 0 Å². The molecule has 1 amide bonds. The molecule has 1 aliphatic heterocycles. The fourth-order valence-electron chi connectivity index (χ4n) is 3.02. The van der Waals surface area contributed by atoms with E-state index in [1.165, 1.54) is 5.56 Å². The van der Waals surface area contributed by atoms with E-state index < -0.39 is 0 Å². The van der Waals surface area contributed by atoms with Gasteiger partial charge in [-0.1, -0.05) is 30.3 Å². The molecule has 0 bridgehead atoms. The molecule has 19 heavy (non-hydrogen) atoms. The highest BCUT2D eigenvalue weighted by Gasteiger charge is 2.43. The van der Waals surface area contributed by atoms with Gasteiger partial charge < -0.3 is 10.6 Å². The number of rotatable bonds is 3. The third-order valence-corrected chi connectivity index (χ3v) is 4.48. The zero-order valence-electron chi connectivity index (χ0n) is 11.5. The quantitative estimate of drug-likeness (QED) is 0.871. The van der Waals surface area contributed by atoms with Gasteiger partial charge in [0.05, 0.1) is 5.41 Å². The molecule has 1 heterocycles. The second-order valence-electron chi connectivity index (χ2n) is 6.17. The van der Waals surface area contributed by atoms with Gasteiger partial charge in [-0.3, -0.25) is 4.79 Å².